The summed E-state index contributed by atoms with van der Waals surface area (Å²) in [7, 11) is 0. The van der Waals surface area contributed by atoms with Crippen LogP contribution in [-0.4, -0.2) is 101 Å². The highest BCUT2D eigenvalue weighted by Gasteiger charge is 2.44. The summed E-state index contributed by atoms with van der Waals surface area (Å²) in [6, 6.07) is 0.233. The fourth-order valence-electron chi connectivity index (χ4n) is 4.69. The van der Waals surface area contributed by atoms with Crippen molar-refractivity contribution in [3.8, 4) is 0 Å². The lowest BCUT2D eigenvalue weighted by atomic mass is 9.75. The molecular weight excluding hydrogens is 366 g/mol. The Balaban J connectivity index is 1.49. The Morgan fingerprint density at radius 2 is 1.75 bits per heavy atom. The molecule has 1 unspecified atom stereocenters. The molecule has 0 radical (unpaired) electrons. The average molecular weight is 397 g/mol. The number of hydrogen-bond acceptors (Lipinski definition) is 6. The van der Waals surface area contributed by atoms with E-state index >= 15 is 0 Å². The first-order valence-electron chi connectivity index (χ1n) is 10.2. The second-order valence-electron chi connectivity index (χ2n) is 8.28. The molecule has 158 valence electrons. The van der Waals surface area contributed by atoms with Crippen molar-refractivity contribution in [3.05, 3.63) is 0 Å². The number of carboxylic acids is 2. The third-order valence-corrected chi connectivity index (χ3v) is 6.57. The van der Waals surface area contributed by atoms with Crippen LogP contribution < -0.4 is 0 Å². The maximum Gasteiger partial charge on any atom is 0.410 e. The highest BCUT2D eigenvalue weighted by atomic mass is 16.6. The molecule has 1 amide bonds. The number of piperidine rings is 2. The minimum Gasteiger partial charge on any atom is -0.481 e. The van der Waals surface area contributed by atoms with Gasteiger partial charge < -0.3 is 24.7 Å². The Morgan fingerprint density at radius 3 is 2.29 bits per heavy atom. The fourth-order valence-corrected chi connectivity index (χ4v) is 4.69. The van der Waals surface area contributed by atoms with E-state index in [1.54, 1.807) is 0 Å². The molecule has 3 fully saturated rings. The fraction of sp³-hybridized carbons (Fsp3) is 0.842. The van der Waals surface area contributed by atoms with E-state index in [4.69, 9.17) is 9.84 Å². The second kappa shape index (κ2) is 8.65. The number of hydrogen-bond donors (Lipinski definition) is 2. The normalized spacial score (nSPS) is 27.0. The van der Waals surface area contributed by atoms with Crippen molar-refractivity contribution in [3.63, 3.8) is 0 Å². The summed E-state index contributed by atoms with van der Waals surface area (Å²) in [4.78, 5) is 41.3. The van der Waals surface area contributed by atoms with E-state index in [2.05, 4.69) is 16.7 Å². The van der Waals surface area contributed by atoms with Crippen molar-refractivity contribution in [2.24, 2.45) is 5.41 Å². The van der Waals surface area contributed by atoms with E-state index in [-0.39, 0.29) is 24.7 Å². The maximum absolute atomic E-state index is 12.3. The summed E-state index contributed by atoms with van der Waals surface area (Å²) in [6.45, 7) is 7.34. The van der Waals surface area contributed by atoms with Crippen molar-refractivity contribution < 1.29 is 29.3 Å². The molecule has 0 bridgehead atoms. The predicted molar refractivity (Wildman–Crippen MR) is 100 cm³/mol. The highest BCUT2D eigenvalue weighted by Crippen LogP contribution is 2.36. The van der Waals surface area contributed by atoms with Crippen molar-refractivity contribution in [1.29, 1.82) is 0 Å². The number of likely N-dealkylation sites (tertiary alicyclic amines) is 2. The van der Waals surface area contributed by atoms with Gasteiger partial charge in [0.25, 0.3) is 0 Å². The Morgan fingerprint density at radius 1 is 1.11 bits per heavy atom. The van der Waals surface area contributed by atoms with E-state index in [1.165, 1.54) is 0 Å². The zero-order chi connectivity index (χ0) is 20.3. The molecule has 3 aliphatic heterocycles. The van der Waals surface area contributed by atoms with Gasteiger partial charge in [0.15, 0.2) is 0 Å². The van der Waals surface area contributed by atoms with Gasteiger partial charge in [0, 0.05) is 25.7 Å². The lowest BCUT2D eigenvalue weighted by molar-refractivity contribution is -0.159. The van der Waals surface area contributed by atoms with Gasteiger partial charge in [0.2, 0.25) is 0 Å². The molecule has 0 aliphatic carbocycles. The first kappa shape index (κ1) is 20.9. The molecule has 1 atom stereocenters. The number of nitrogens with zero attached hydrogens (tertiary/aromatic N) is 3. The first-order valence-corrected chi connectivity index (χ1v) is 10.2. The van der Waals surface area contributed by atoms with Gasteiger partial charge in [-0.2, -0.15) is 0 Å². The molecule has 9 heteroatoms. The summed E-state index contributed by atoms with van der Waals surface area (Å²) in [6.07, 6.45) is 1.73. The zero-order valence-corrected chi connectivity index (χ0v) is 16.5. The average Bonchev–Trinajstić information content (AvgIpc) is 3.03. The Kier molecular flexibility index (Phi) is 6.44. The number of amides is 1. The molecule has 3 heterocycles. The van der Waals surface area contributed by atoms with Crippen LogP contribution in [0.5, 0.6) is 0 Å². The lowest BCUT2D eigenvalue weighted by Gasteiger charge is -2.38. The summed E-state index contributed by atoms with van der Waals surface area (Å²) < 4.78 is 5.57. The smallest absolute Gasteiger partial charge is 0.410 e. The Bertz CT molecular complexity index is 596. The van der Waals surface area contributed by atoms with Crippen LogP contribution in [0.2, 0.25) is 0 Å². The minimum absolute atomic E-state index is 0.214. The molecule has 0 aromatic carbocycles. The maximum atomic E-state index is 12.3. The molecule has 0 aromatic heterocycles. The van der Waals surface area contributed by atoms with Gasteiger partial charge in [0.1, 0.15) is 6.10 Å². The van der Waals surface area contributed by atoms with Crippen molar-refractivity contribution in [2.45, 2.75) is 51.2 Å². The minimum atomic E-state index is -1.19. The van der Waals surface area contributed by atoms with E-state index in [1.807, 2.05) is 4.90 Å². The number of carbonyl (C=O) groups excluding carboxylic acids is 1. The highest BCUT2D eigenvalue weighted by molar-refractivity contribution is 5.81. The van der Waals surface area contributed by atoms with Crippen molar-refractivity contribution in [1.82, 2.24) is 14.7 Å². The molecule has 3 aliphatic rings. The van der Waals surface area contributed by atoms with Gasteiger partial charge in [0.05, 0.1) is 18.4 Å². The zero-order valence-electron chi connectivity index (χ0n) is 16.5. The molecule has 3 rings (SSSR count). The van der Waals surface area contributed by atoms with Crippen LogP contribution in [-0.2, 0) is 14.3 Å². The molecule has 0 aromatic rings. The summed E-state index contributed by atoms with van der Waals surface area (Å²) in [5.41, 5.74) is -1.19. The summed E-state index contributed by atoms with van der Waals surface area (Å²) in [5.74, 6) is -2.11. The summed E-state index contributed by atoms with van der Waals surface area (Å²) >= 11 is 0. The van der Waals surface area contributed by atoms with Crippen molar-refractivity contribution in [2.75, 3.05) is 45.8 Å². The van der Waals surface area contributed by atoms with Gasteiger partial charge >= 0.3 is 18.0 Å². The van der Waals surface area contributed by atoms with Gasteiger partial charge in [-0.15, -0.1) is 0 Å². The van der Waals surface area contributed by atoms with Gasteiger partial charge in [-0.05, 0) is 45.3 Å². The van der Waals surface area contributed by atoms with Crippen LogP contribution in [0.15, 0.2) is 0 Å². The molecular formula is C19H31N3O6. The Labute approximate surface area is 165 Å². The molecule has 28 heavy (non-hydrogen) atoms. The van der Waals surface area contributed by atoms with Crippen LogP contribution in [0.25, 0.3) is 0 Å². The molecule has 9 nitrogen and oxygen atoms in total. The predicted octanol–water partition coefficient (Wildman–Crippen LogP) is 0.933. The quantitative estimate of drug-likeness (QED) is 0.653. The lowest BCUT2D eigenvalue weighted by Crippen LogP contribution is -2.48. The molecule has 3 saturated heterocycles. The monoisotopic (exact) mass is 397 g/mol. The SMILES string of the molecule is CCN1CCC(N2CC(CN3CCC(CC(=O)O)(C(=O)O)CC3)OC2=O)CC1. The van der Waals surface area contributed by atoms with Gasteiger partial charge in [-0.25, -0.2) is 4.79 Å². The number of rotatable bonds is 7. The molecule has 0 spiro atoms. The van der Waals surface area contributed by atoms with Gasteiger partial charge in [-0.3, -0.25) is 14.5 Å². The van der Waals surface area contributed by atoms with E-state index in [0.717, 1.165) is 32.5 Å². The first-order chi connectivity index (χ1) is 13.3. The topological polar surface area (TPSA) is 111 Å². The van der Waals surface area contributed by atoms with E-state index < -0.39 is 17.4 Å². The molecule has 0 saturated carbocycles. The Hall–Kier alpha value is -1.87. The number of carbonyl (C=O) groups is 3. The molecule has 2 N–H and O–H groups in total. The van der Waals surface area contributed by atoms with Crippen LogP contribution >= 0.6 is 0 Å². The van der Waals surface area contributed by atoms with Crippen LogP contribution in [0.3, 0.4) is 0 Å². The van der Waals surface area contributed by atoms with Gasteiger partial charge in [-0.1, -0.05) is 6.92 Å². The van der Waals surface area contributed by atoms with Crippen molar-refractivity contribution >= 4 is 18.0 Å². The second-order valence-corrected chi connectivity index (χ2v) is 8.28. The van der Waals surface area contributed by atoms with Crippen LogP contribution in [0.4, 0.5) is 4.79 Å². The number of carboxylic acid groups (broad SMARTS) is 2. The largest absolute Gasteiger partial charge is 0.481 e. The van der Waals surface area contributed by atoms with E-state index in [9.17, 15) is 19.5 Å². The summed E-state index contributed by atoms with van der Waals surface area (Å²) in [5, 5.41) is 18.5. The standard InChI is InChI=1S/C19H31N3O6/c1-2-20-7-3-14(4-8-20)22-13-15(28-18(22)27)12-21-9-5-19(6-10-21,17(25)26)11-16(23)24/h14-15H,2-13H2,1H3,(H,23,24)(H,25,26). The third kappa shape index (κ3) is 4.57. The number of ether oxygens (including phenoxy) is 1. The van der Waals surface area contributed by atoms with Crippen LogP contribution in [0, 0.1) is 5.41 Å². The van der Waals surface area contributed by atoms with E-state index in [0.29, 0.717) is 39.0 Å². The van der Waals surface area contributed by atoms with Crippen LogP contribution in [0.1, 0.15) is 39.0 Å². The number of aliphatic carboxylic acids is 2. The third-order valence-electron chi connectivity index (χ3n) is 6.57. The number of cyclic esters (lactones) is 1.